The Morgan fingerprint density at radius 2 is 2.22 bits per heavy atom. The summed E-state index contributed by atoms with van der Waals surface area (Å²) in [5, 5.41) is 9.55. The molecule has 9 heavy (non-hydrogen) atoms. The molecule has 0 aromatic carbocycles. The van der Waals surface area contributed by atoms with Gasteiger partial charge in [0.2, 0.25) is 0 Å². The molecule has 1 heterocycles. The fourth-order valence-electron chi connectivity index (χ4n) is 1.49. The van der Waals surface area contributed by atoms with Gasteiger partial charge in [-0.2, -0.15) is 0 Å². The van der Waals surface area contributed by atoms with Gasteiger partial charge in [-0.15, -0.1) is 0 Å². The van der Waals surface area contributed by atoms with Crippen LogP contribution in [0.2, 0.25) is 0 Å². The Bertz CT molecular complexity index is 112. The van der Waals surface area contributed by atoms with Crippen LogP contribution in [0.3, 0.4) is 0 Å². The van der Waals surface area contributed by atoms with E-state index < -0.39 is 0 Å². The highest BCUT2D eigenvalue weighted by molar-refractivity contribution is 5.00. The van der Waals surface area contributed by atoms with Crippen molar-refractivity contribution in [2.24, 2.45) is 5.92 Å². The minimum Gasteiger partial charge on any atom is -0.390 e. The number of hydrogen-bond acceptors (Lipinski definition) is 2. The summed E-state index contributed by atoms with van der Waals surface area (Å²) in [5.41, 5.74) is -0.295. The van der Waals surface area contributed by atoms with Gasteiger partial charge in [0.1, 0.15) is 0 Å². The molecular weight excluding hydrogens is 116 g/mol. The van der Waals surface area contributed by atoms with Gasteiger partial charge in [0.15, 0.2) is 0 Å². The summed E-state index contributed by atoms with van der Waals surface area (Å²) in [5.74, 6) is 0.456. The van der Waals surface area contributed by atoms with Crippen LogP contribution in [0.1, 0.15) is 19.3 Å². The molecule has 1 aliphatic carbocycles. The van der Waals surface area contributed by atoms with Crippen LogP contribution in [0.15, 0.2) is 0 Å². The van der Waals surface area contributed by atoms with E-state index in [1.165, 1.54) is 0 Å². The quantitative estimate of drug-likeness (QED) is 0.558. The highest BCUT2D eigenvalue weighted by Gasteiger charge is 2.48. The smallest absolute Gasteiger partial charge is 0.0700 e. The Morgan fingerprint density at radius 1 is 1.44 bits per heavy atom. The summed E-state index contributed by atoms with van der Waals surface area (Å²) in [6.45, 7) is 1.64. The normalized spacial score (nSPS) is 39.0. The van der Waals surface area contributed by atoms with E-state index in [0.717, 1.165) is 32.5 Å². The summed E-state index contributed by atoms with van der Waals surface area (Å²) in [4.78, 5) is 0. The van der Waals surface area contributed by atoms with Gasteiger partial charge in [0.25, 0.3) is 0 Å². The number of rotatable bonds is 1. The van der Waals surface area contributed by atoms with E-state index in [1.54, 1.807) is 0 Å². The molecule has 2 aliphatic rings. The molecule has 2 fully saturated rings. The Morgan fingerprint density at radius 3 is 2.67 bits per heavy atom. The van der Waals surface area contributed by atoms with Crippen LogP contribution in [0, 0.1) is 5.92 Å². The summed E-state index contributed by atoms with van der Waals surface area (Å²) in [6, 6.07) is 0. The van der Waals surface area contributed by atoms with Gasteiger partial charge in [-0.05, 0) is 19.3 Å². The van der Waals surface area contributed by atoms with Crippen LogP contribution in [-0.2, 0) is 4.74 Å². The molecule has 0 bridgehead atoms. The molecule has 1 atom stereocenters. The van der Waals surface area contributed by atoms with Crippen molar-refractivity contribution in [3.8, 4) is 0 Å². The van der Waals surface area contributed by atoms with Crippen molar-refractivity contribution in [2.75, 3.05) is 13.2 Å². The second kappa shape index (κ2) is 1.70. The first-order valence-electron chi connectivity index (χ1n) is 3.61. The molecule has 52 valence electrons. The molecule has 0 amide bonds. The summed E-state index contributed by atoms with van der Waals surface area (Å²) >= 11 is 0. The molecule has 1 saturated heterocycles. The van der Waals surface area contributed by atoms with Crippen LogP contribution < -0.4 is 0 Å². The SMILES string of the molecule is OC1([C@@H]2CCOC2)CC1. The largest absolute Gasteiger partial charge is 0.390 e. The molecule has 1 N–H and O–H groups in total. The Labute approximate surface area is 54.8 Å². The first-order valence-corrected chi connectivity index (χ1v) is 3.61. The molecule has 0 unspecified atom stereocenters. The third-order valence-corrected chi connectivity index (χ3v) is 2.45. The van der Waals surface area contributed by atoms with Gasteiger partial charge < -0.3 is 9.84 Å². The Hall–Kier alpha value is -0.0800. The first kappa shape index (κ1) is 5.69. The summed E-state index contributed by atoms with van der Waals surface area (Å²) < 4.78 is 5.16. The van der Waals surface area contributed by atoms with Crippen molar-refractivity contribution in [1.29, 1.82) is 0 Å². The zero-order valence-corrected chi connectivity index (χ0v) is 5.47. The van der Waals surface area contributed by atoms with Crippen LogP contribution in [-0.4, -0.2) is 23.9 Å². The number of aliphatic hydroxyl groups is 1. The van der Waals surface area contributed by atoms with E-state index in [-0.39, 0.29) is 5.60 Å². The molecule has 1 saturated carbocycles. The molecule has 0 spiro atoms. The molecular formula is C7H12O2. The van der Waals surface area contributed by atoms with E-state index >= 15 is 0 Å². The fraction of sp³-hybridized carbons (Fsp3) is 1.00. The van der Waals surface area contributed by atoms with E-state index in [4.69, 9.17) is 4.74 Å². The maximum Gasteiger partial charge on any atom is 0.0700 e. The standard InChI is InChI=1S/C7H12O2/c8-7(2-3-7)6-1-4-9-5-6/h6,8H,1-5H2/t6-/m1/s1. The molecule has 1 aliphatic heterocycles. The fourth-order valence-corrected chi connectivity index (χ4v) is 1.49. The average molecular weight is 128 g/mol. The third-order valence-electron chi connectivity index (χ3n) is 2.45. The van der Waals surface area contributed by atoms with Gasteiger partial charge in [0.05, 0.1) is 12.2 Å². The predicted octanol–water partition coefficient (Wildman–Crippen LogP) is 0.548. The van der Waals surface area contributed by atoms with Gasteiger partial charge in [-0.1, -0.05) is 0 Å². The van der Waals surface area contributed by atoms with Crippen molar-refractivity contribution in [3.63, 3.8) is 0 Å². The molecule has 2 rings (SSSR count). The highest BCUT2D eigenvalue weighted by atomic mass is 16.5. The molecule has 2 heteroatoms. The van der Waals surface area contributed by atoms with Crippen LogP contribution in [0.25, 0.3) is 0 Å². The topological polar surface area (TPSA) is 29.5 Å². The zero-order chi connectivity index (χ0) is 6.32. The van der Waals surface area contributed by atoms with Crippen molar-refractivity contribution in [2.45, 2.75) is 24.9 Å². The predicted molar refractivity (Wildman–Crippen MR) is 33.1 cm³/mol. The summed E-state index contributed by atoms with van der Waals surface area (Å²) in [7, 11) is 0. The monoisotopic (exact) mass is 128 g/mol. The zero-order valence-electron chi connectivity index (χ0n) is 5.47. The molecule has 0 aromatic rings. The lowest BCUT2D eigenvalue weighted by atomic mass is 10.0. The van der Waals surface area contributed by atoms with Gasteiger partial charge >= 0.3 is 0 Å². The second-order valence-corrected chi connectivity index (χ2v) is 3.16. The van der Waals surface area contributed by atoms with E-state index in [0.29, 0.717) is 5.92 Å². The minimum atomic E-state index is -0.295. The van der Waals surface area contributed by atoms with E-state index in [2.05, 4.69) is 0 Å². The lowest BCUT2D eigenvalue weighted by Gasteiger charge is -2.12. The lowest BCUT2D eigenvalue weighted by Crippen LogP contribution is -2.21. The van der Waals surface area contributed by atoms with E-state index in [1.807, 2.05) is 0 Å². The molecule has 0 aromatic heterocycles. The lowest BCUT2D eigenvalue weighted by molar-refractivity contribution is 0.0702. The molecule has 0 radical (unpaired) electrons. The second-order valence-electron chi connectivity index (χ2n) is 3.16. The van der Waals surface area contributed by atoms with Gasteiger partial charge in [-0.25, -0.2) is 0 Å². The minimum absolute atomic E-state index is 0.295. The Balaban J connectivity index is 1.97. The van der Waals surface area contributed by atoms with Crippen LogP contribution >= 0.6 is 0 Å². The van der Waals surface area contributed by atoms with Crippen LogP contribution in [0.5, 0.6) is 0 Å². The first-order chi connectivity index (χ1) is 4.31. The number of hydrogen-bond donors (Lipinski definition) is 1. The Kier molecular flexibility index (Phi) is 1.08. The van der Waals surface area contributed by atoms with Crippen molar-refractivity contribution < 1.29 is 9.84 Å². The highest BCUT2D eigenvalue weighted by Crippen LogP contribution is 2.45. The third kappa shape index (κ3) is 0.864. The maximum atomic E-state index is 9.55. The molecule has 2 nitrogen and oxygen atoms in total. The summed E-state index contributed by atoms with van der Waals surface area (Å²) in [6.07, 6.45) is 3.07. The average Bonchev–Trinajstić information content (AvgIpc) is 2.46. The van der Waals surface area contributed by atoms with Crippen molar-refractivity contribution >= 4 is 0 Å². The van der Waals surface area contributed by atoms with Crippen molar-refractivity contribution in [1.82, 2.24) is 0 Å². The van der Waals surface area contributed by atoms with Crippen LogP contribution in [0.4, 0.5) is 0 Å². The number of ether oxygens (including phenoxy) is 1. The van der Waals surface area contributed by atoms with Gasteiger partial charge in [-0.3, -0.25) is 0 Å². The van der Waals surface area contributed by atoms with Gasteiger partial charge in [0, 0.05) is 12.5 Å². The maximum absolute atomic E-state index is 9.55. The van der Waals surface area contributed by atoms with Crippen molar-refractivity contribution in [3.05, 3.63) is 0 Å². The van der Waals surface area contributed by atoms with E-state index in [9.17, 15) is 5.11 Å².